The van der Waals surface area contributed by atoms with E-state index in [1.54, 1.807) is 0 Å². The molecular weight excluding hydrogens is 246 g/mol. The SMILES string of the molecule is NNc1n[nH]c(=S)n1C1C2CC3CC(C2)CC1C3. The van der Waals surface area contributed by atoms with Crippen molar-refractivity contribution in [3.8, 4) is 0 Å². The predicted octanol–water partition coefficient (Wildman–Crippen LogP) is 2.22. The second kappa shape index (κ2) is 3.81. The smallest absolute Gasteiger partial charge is 0.237 e. The van der Waals surface area contributed by atoms with Crippen LogP contribution in [0.15, 0.2) is 0 Å². The number of hydrogen-bond donors (Lipinski definition) is 3. The van der Waals surface area contributed by atoms with Crippen LogP contribution in [0.4, 0.5) is 5.95 Å². The molecule has 0 aromatic carbocycles. The number of hydrogen-bond acceptors (Lipinski definition) is 4. The Hall–Kier alpha value is -0.880. The summed E-state index contributed by atoms with van der Waals surface area (Å²) in [5.74, 6) is 9.74. The van der Waals surface area contributed by atoms with Gasteiger partial charge in [-0.3, -0.25) is 9.99 Å². The first-order chi connectivity index (χ1) is 8.76. The summed E-state index contributed by atoms with van der Waals surface area (Å²) in [4.78, 5) is 0. The van der Waals surface area contributed by atoms with Gasteiger partial charge in [-0.15, -0.1) is 5.10 Å². The molecule has 5 rings (SSSR count). The number of aromatic nitrogens is 3. The summed E-state index contributed by atoms with van der Waals surface area (Å²) in [5.41, 5.74) is 2.68. The Morgan fingerprint density at radius 1 is 1.17 bits per heavy atom. The molecule has 0 amide bonds. The average Bonchev–Trinajstić information content (AvgIpc) is 2.70. The molecule has 0 atom stereocenters. The summed E-state index contributed by atoms with van der Waals surface area (Å²) in [6.45, 7) is 0. The Morgan fingerprint density at radius 3 is 2.33 bits per heavy atom. The second-order valence-electron chi connectivity index (χ2n) is 6.29. The van der Waals surface area contributed by atoms with Crippen LogP contribution in [0.3, 0.4) is 0 Å². The molecule has 0 saturated heterocycles. The van der Waals surface area contributed by atoms with Gasteiger partial charge in [-0.1, -0.05) is 0 Å². The van der Waals surface area contributed by atoms with E-state index in [0.717, 1.165) is 23.7 Å². The Kier molecular flexibility index (Phi) is 2.32. The lowest BCUT2D eigenvalue weighted by atomic mass is 9.54. The van der Waals surface area contributed by atoms with E-state index in [-0.39, 0.29) is 0 Å². The molecule has 1 aromatic heterocycles. The largest absolute Gasteiger partial charge is 0.292 e. The highest BCUT2D eigenvalue weighted by atomic mass is 32.1. The van der Waals surface area contributed by atoms with Crippen molar-refractivity contribution in [3.63, 3.8) is 0 Å². The van der Waals surface area contributed by atoms with Crippen LogP contribution in [0.25, 0.3) is 0 Å². The summed E-state index contributed by atoms with van der Waals surface area (Å²) >= 11 is 5.39. The first kappa shape index (κ1) is 11.0. The van der Waals surface area contributed by atoms with Crippen molar-refractivity contribution in [1.29, 1.82) is 0 Å². The van der Waals surface area contributed by atoms with Crippen molar-refractivity contribution < 1.29 is 0 Å². The number of hydrazine groups is 1. The van der Waals surface area contributed by atoms with Crippen LogP contribution in [0.5, 0.6) is 0 Å². The summed E-state index contributed by atoms with van der Waals surface area (Å²) in [6, 6.07) is 0.509. The van der Waals surface area contributed by atoms with Crippen LogP contribution in [-0.2, 0) is 0 Å². The molecule has 4 aliphatic rings. The molecule has 0 radical (unpaired) electrons. The van der Waals surface area contributed by atoms with Crippen LogP contribution in [0.2, 0.25) is 0 Å². The maximum absolute atomic E-state index is 5.56. The van der Waals surface area contributed by atoms with E-state index in [0.29, 0.717) is 16.8 Å². The third-order valence-corrected chi connectivity index (χ3v) is 5.60. The normalized spacial score (nSPS) is 41.3. The minimum atomic E-state index is 0.509. The van der Waals surface area contributed by atoms with Gasteiger partial charge in [0, 0.05) is 6.04 Å². The lowest BCUT2D eigenvalue weighted by Gasteiger charge is -2.54. The molecule has 4 bridgehead atoms. The monoisotopic (exact) mass is 265 g/mol. The number of nitrogen functional groups attached to an aromatic ring is 1. The standard InChI is InChI=1S/C12H19N5S/c13-14-11-15-16-12(18)17(11)10-8-2-6-1-7(4-8)5-9(10)3-6/h6-10H,1-5,13H2,(H,14,15)(H,16,18). The molecule has 0 spiro atoms. The van der Waals surface area contributed by atoms with Gasteiger partial charge in [0.15, 0.2) is 4.77 Å². The lowest BCUT2D eigenvalue weighted by Crippen LogP contribution is -2.46. The van der Waals surface area contributed by atoms with Gasteiger partial charge in [-0.25, -0.2) is 10.9 Å². The molecule has 0 unspecified atom stereocenters. The maximum atomic E-state index is 5.56. The maximum Gasteiger partial charge on any atom is 0.237 e. The van der Waals surface area contributed by atoms with Gasteiger partial charge in [-0.05, 0) is 68.0 Å². The van der Waals surface area contributed by atoms with Gasteiger partial charge in [-0.2, -0.15) is 0 Å². The Balaban J connectivity index is 1.76. The number of aromatic amines is 1. The minimum Gasteiger partial charge on any atom is -0.292 e. The van der Waals surface area contributed by atoms with Gasteiger partial charge in [0.1, 0.15) is 0 Å². The van der Waals surface area contributed by atoms with E-state index < -0.39 is 0 Å². The van der Waals surface area contributed by atoms with E-state index in [4.69, 9.17) is 18.1 Å². The van der Waals surface area contributed by atoms with Crippen LogP contribution in [-0.4, -0.2) is 14.8 Å². The van der Waals surface area contributed by atoms with Crippen molar-refractivity contribution in [3.05, 3.63) is 4.77 Å². The number of nitrogens with zero attached hydrogens (tertiary/aromatic N) is 2. The minimum absolute atomic E-state index is 0.509. The zero-order chi connectivity index (χ0) is 12.3. The molecule has 4 saturated carbocycles. The van der Waals surface area contributed by atoms with E-state index in [9.17, 15) is 0 Å². The Morgan fingerprint density at radius 2 is 1.78 bits per heavy atom. The number of rotatable bonds is 2. The van der Waals surface area contributed by atoms with Crippen LogP contribution in [0, 0.1) is 28.4 Å². The van der Waals surface area contributed by atoms with E-state index in [1.807, 2.05) is 0 Å². The van der Waals surface area contributed by atoms with Crippen molar-refractivity contribution in [2.24, 2.45) is 29.5 Å². The number of H-pyrrole nitrogens is 1. The van der Waals surface area contributed by atoms with E-state index >= 15 is 0 Å². The average molecular weight is 265 g/mol. The highest BCUT2D eigenvalue weighted by molar-refractivity contribution is 7.71. The molecule has 4 aliphatic carbocycles. The third-order valence-electron chi connectivity index (χ3n) is 5.31. The summed E-state index contributed by atoms with van der Waals surface area (Å²) in [7, 11) is 0. The number of anilines is 1. The topological polar surface area (TPSA) is 71.7 Å². The van der Waals surface area contributed by atoms with Crippen molar-refractivity contribution in [1.82, 2.24) is 14.8 Å². The fraction of sp³-hybridized carbons (Fsp3) is 0.833. The second-order valence-corrected chi connectivity index (χ2v) is 6.67. The van der Waals surface area contributed by atoms with Crippen molar-refractivity contribution in [2.75, 3.05) is 5.43 Å². The molecule has 98 valence electrons. The zero-order valence-corrected chi connectivity index (χ0v) is 11.1. The summed E-state index contributed by atoms with van der Waals surface area (Å²) in [6.07, 6.45) is 6.95. The Labute approximate surface area is 111 Å². The van der Waals surface area contributed by atoms with Gasteiger partial charge in [0.05, 0.1) is 0 Å². The molecule has 5 nitrogen and oxygen atoms in total. The zero-order valence-electron chi connectivity index (χ0n) is 10.3. The van der Waals surface area contributed by atoms with E-state index in [2.05, 4.69) is 20.2 Å². The first-order valence-electron chi connectivity index (χ1n) is 6.89. The quantitative estimate of drug-likeness (QED) is 0.435. The lowest BCUT2D eigenvalue weighted by molar-refractivity contribution is -0.0290. The molecule has 1 aromatic rings. The number of nitrogens with two attached hydrogens (primary N) is 1. The fourth-order valence-electron chi connectivity index (χ4n) is 5.00. The molecule has 4 fully saturated rings. The highest BCUT2D eigenvalue weighted by Gasteiger charge is 2.49. The molecule has 18 heavy (non-hydrogen) atoms. The predicted molar refractivity (Wildman–Crippen MR) is 71.3 cm³/mol. The van der Waals surface area contributed by atoms with Crippen LogP contribution >= 0.6 is 12.2 Å². The van der Waals surface area contributed by atoms with Gasteiger partial charge < -0.3 is 0 Å². The van der Waals surface area contributed by atoms with Gasteiger partial charge in [0.2, 0.25) is 5.95 Å². The molecule has 0 aliphatic heterocycles. The van der Waals surface area contributed by atoms with Gasteiger partial charge in [0.25, 0.3) is 0 Å². The third kappa shape index (κ3) is 1.42. The number of nitrogens with one attached hydrogen (secondary N) is 2. The summed E-state index contributed by atoms with van der Waals surface area (Å²) in [5, 5.41) is 7.05. The Bertz CT molecular complexity index is 491. The van der Waals surface area contributed by atoms with Crippen LogP contribution < -0.4 is 11.3 Å². The molecule has 6 heteroatoms. The molecule has 1 heterocycles. The fourth-order valence-corrected chi connectivity index (χ4v) is 5.25. The molecular formula is C12H19N5S. The van der Waals surface area contributed by atoms with Crippen molar-refractivity contribution >= 4 is 18.2 Å². The van der Waals surface area contributed by atoms with Crippen LogP contribution in [0.1, 0.15) is 38.1 Å². The first-order valence-corrected chi connectivity index (χ1v) is 7.30. The summed E-state index contributed by atoms with van der Waals surface area (Å²) < 4.78 is 2.85. The highest BCUT2D eigenvalue weighted by Crippen LogP contribution is 2.58. The molecule has 4 N–H and O–H groups in total. The van der Waals surface area contributed by atoms with E-state index in [1.165, 1.54) is 32.1 Å². The van der Waals surface area contributed by atoms with Gasteiger partial charge >= 0.3 is 0 Å². The van der Waals surface area contributed by atoms with Crippen molar-refractivity contribution in [2.45, 2.75) is 38.1 Å².